The number of amides is 1. The van der Waals surface area contributed by atoms with Crippen molar-refractivity contribution in [2.75, 3.05) is 18.1 Å². The van der Waals surface area contributed by atoms with Crippen LogP contribution in [0.1, 0.15) is 24.2 Å². The van der Waals surface area contributed by atoms with Crippen molar-refractivity contribution in [3.05, 3.63) is 64.7 Å². The molecule has 0 bridgehead atoms. The van der Waals surface area contributed by atoms with Gasteiger partial charge in [-0.2, -0.15) is 0 Å². The van der Waals surface area contributed by atoms with Crippen molar-refractivity contribution in [1.29, 1.82) is 0 Å². The van der Waals surface area contributed by atoms with Crippen LogP contribution in [0.3, 0.4) is 0 Å². The Bertz CT molecular complexity index is 1110. The van der Waals surface area contributed by atoms with Crippen LogP contribution in [0.4, 0.5) is 14.9 Å². The van der Waals surface area contributed by atoms with Gasteiger partial charge in [-0.1, -0.05) is 23.7 Å². The Morgan fingerprint density at radius 2 is 1.90 bits per heavy atom. The molecular formula is C21H18ClFN4O2. The lowest BCUT2D eigenvalue weighted by Gasteiger charge is -2.16. The Balaban J connectivity index is 1.50. The third-order valence-corrected chi connectivity index (χ3v) is 6.03. The number of carbonyl (C=O) groups is 1. The summed E-state index contributed by atoms with van der Waals surface area (Å²) in [6, 6.07) is 12.0. The SMILES string of the molecule is Cn1c(-c2ccc(N3CCOC3=O)cc2Cl)nnc1C1(c2ccc(F)cc2)CC1. The highest BCUT2D eigenvalue weighted by Gasteiger charge is 2.50. The molecule has 6 nitrogen and oxygen atoms in total. The number of hydrogen-bond donors (Lipinski definition) is 0. The second-order valence-electron chi connectivity index (χ2n) is 7.43. The molecule has 5 rings (SSSR count). The number of hydrogen-bond acceptors (Lipinski definition) is 4. The number of ether oxygens (including phenoxy) is 1. The number of halogens is 2. The summed E-state index contributed by atoms with van der Waals surface area (Å²) in [5, 5.41) is 9.32. The van der Waals surface area contributed by atoms with Crippen LogP contribution in [0.25, 0.3) is 11.4 Å². The Hall–Kier alpha value is -2.93. The molecule has 1 aromatic heterocycles. The number of cyclic esters (lactones) is 1. The highest BCUT2D eigenvalue weighted by atomic mass is 35.5. The molecule has 2 fully saturated rings. The van der Waals surface area contributed by atoms with E-state index in [1.54, 1.807) is 11.0 Å². The van der Waals surface area contributed by atoms with E-state index in [9.17, 15) is 9.18 Å². The first-order chi connectivity index (χ1) is 14.0. The Morgan fingerprint density at radius 1 is 1.14 bits per heavy atom. The monoisotopic (exact) mass is 412 g/mol. The lowest BCUT2D eigenvalue weighted by atomic mass is 9.95. The van der Waals surface area contributed by atoms with Gasteiger partial charge < -0.3 is 9.30 Å². The average molecular weight is 413 g/mol. The summed E-state index contributed by atoms with van der Waals surface area (Å²) in [4.78, 5) is 13.3. The first-order valence-electron chi connectivity index (χ1n) is 9.40. The Kier molecular flexibility index (Phi) is 4.10. The van der Waals surface area contributed by atoms with Gasteiger partial charge in [-0.15, -0.1) is 10.2 Å². The van der Waals surface area contributed by atoms with Gasteiger partial charge in [-0.3, -0.25) is 4.90 Å². The number of aromatic nitrogens is 3. The van der Waals surface area contributed by atoms with Crippen molar-refractivity contribution < 1.29 is 13.9 Å². The Labute approximate surface area is 171 Å². The highest BCUT2D eigenvalue weighted by molar-refractivity contribution is 6.33. The average Bonchev–Trinajstić information content (AvgIpc) is 3.25. The molecule has 148 valence electrons. The van der Waals surface area contributed by atoms with Crippen LogP contribution >= 0.6 is 11.6 Å². The molecule has 0 N–H and O–H groups in total. The molecule has 0 spiro atoms. The van der Waals surface area contributed by atoms with Gasteiger partial charge in [-0.05, 0) is 48.7 Å². The van der Waals surface area contributed by atoms with E-state index in [1.807, 2.05) is 35.9 Å². The van der Waals surface area contributed by atoms with Gasteiger partial charge in [-0.25, -0.2) is 9.18 Å². The van der Waals surface area contributed by atoms with E-state index in [1.165, 1.54) is 12.1 Å². The number of anilines is 1. The number of carbonyl (C=O) groups excluding carboxylic acids is 1. The summed E-state index contributed by atoms with van der Waals surface area (Å²) in [6.07, 6.45) is 1.51. The van der Waals surface area contributed by atoms with E-state index < -0.39 is 0 Å². The molecule has 1 saturated heterocycles. The summed E-state index contributed by atoms with van der Waals surface area (Å²) >= 11 is 6.53. The fourth-order valence-electron chi connectivity index (χ4n) is 4.00. The highest BCUT2D eigenvalue weighted by Crippen LogP contribution is 2.53. The van der Waals surface area contributed by atoms with E-state index in [0.29, 0.717) is 29.7 Å². The minimum atomic E-state index is -0.371. The molecule has 29 heavy (non-hydrogen) atoms. The predicted octanol–water partition coefficient (Wildman–Crippen LogP) is 4.31. The zero-order valence-corrected chi connectivity index (χ0v) is 16.5. The molecule has 1 amide bonds. The summed E-state index contributed by atoms with van der Waals surface area (Å²) in [5.41, 5.74) is 2.22. The van der Waals surface area contributed by atoms with Gasteiger partial charge in [0.25, 0.3) is 0 Å². The fourth-order valence-corrected chi connectivity index (χ4v) is 4.26. The van der Waals surface area contributed by atoms with E-state index in [-0.39, 0.29) is 17.3 Å². The van der Waals surface area contributed by atoms with Crippen LogP contribution in [0.2, 0.25) is 5.02 Å². The first-order valence-corrected chi connectivity index (χ1v) is 9.77. The third-order valence-electron chi connectivity index (χ3n) is 5.72. The molecule has 0 atom stereocenters. The van der Waals surface area contributed by atoms with Crippen LogP contribution in [0.15, 0.2) is 42.5 Å². The zero-order chi connectivity index (χ0) is 20.2. The number of nitrogens with zero attached hydrogens (tertiary/aromatic N) is 4. The molecule has 2 aromatic carbocycles. The molecule has 0 unspecified atom stereocenters. The Morgan fingerprint density at radius 3 is 2.52 bits per heavy atom. The minimum absolute atomic E-state index is 0.237. The van der Waals surface area contributed by atoms with Gasteiger partial charge in [0.1, 0.15) is 18.2 Å². The fraction of sp³-hybridized carbons (Fsp3) is 0.286. The molecule has 2 heterocycles. The quantitative estimate of drug-likeness (QED) is 0.640. The topological polar surface area (TPSA) is 60.2 Å². The minimum Gasteiger partial charge on any atom is -0.447 e. The third kappa shape index (κ3) is 2.88. The van der Waals surface area contributed by atoms with Crippen molar-refractivity contribution >= 4 is 23.4 Å². The van der Waals surface area contributed by atoms with Crippen LogP contribution in [0.5, 0.6) is 0 Å². The molecule has 1 saturated carbocycles. The maximum Gasteiger partial charge on any atom is 0.414 e. The van der Waals surface area contributed by atoms with E-state index in [0.717, 1.165) is 29.8 Å². The standard InChI is InChI=1S/C21H18ClFN4O2/c1-26-18(16-7-6-15(12-17(16)22)27-10-11-29-20(27)28)24-25-19(26)21(8-9-21)13-2-4-14(23)5-3-13/h2-7,12H,8-11H2,1H3. The van der Waals surface area contributed by atoms with Gasteiger partial charge in [0, 0.05) is 18.3 Å². The van der Waals surface area contributed by atoms with Crippen LogP contribution in [0, 0.1) is 5.82 Å². The van der Waals surface area contributed by atoms with E-state index >= 15 is 0 Å². The normalized spacial score (nSPS) is 17.5. The molecule has 3 aromatic rings. The maximum absolute atomic E-state index is 13.3. The molecule has 2 aliphatic rings. The number of benzene rings is 2. The zero-order valence-electron chi connectivity index (χ0n) is 15.7. The van der Waals surface area contributed by atoms with E-state index in [4.69, 9.17) is 16.3 Å². The molecule has 1 aliphatic heterocycles. The van der Waals surface area contributed by atoms with Gasteiger partial charge >= 0.3 is 6.09 Å². The first kappa shape index (κ1) is 18.1. The van der Waals surface area contributed by atoms with Crippen molar-refractivity contribution in [2.45, 2.75) is 18.3 Å². The van der Waals surface area contributed by atoms with Crippen molar-refractivity contribution in [1.82, 2.24) is 14.8 Å². The lowest BCUT2D eigenvalue weighted by Crippen LogP contribution is -2.23. The van der Waals surface area contributed by atoms with E-state index in [2.05, 4.69) is 10.2 Å². The summed E-state index contributed by atoms with van der Waals surface area (Å²) in [6.45, 7) is 0.874. The van der Waals surface area contributed by atoms with Gasteiger partial charge in [0.05, 0.1) is 17.0 Å². The second kappa shape index (κ2) is 6.56. The van der Waals surface area contributed by atoms with Crippen molar-refractivity contribution in [2.24, 2.45) is 7.05 Å². The summed E-state index contributed by atoms with van der Waals surface area (Å²) in [7, 11) is 1.91. The van der Waals surface area contributed by atoms with Crippen LogP contribution in [-0.2, 0) is 17.2 Å². The summed E-state index contributed by atoms with van der Waals surface area (Å²) < 4.78 is 20.3. The molecule has 0 radical (unpaired) electrons. The predicted molar refractivity (Wildman–Crippen MR) is 107 cm³/mol. The molecular weight excluding hydrogens is 395 g/mol. The van der Waals surface area contributed by atoms with Crippen LogP contribution < -0.4 is 4.90 Å². The van der Waals surface area contributed by atoms with Gasteiger partial charge in [0.2, 0.25) is 0 Å². The smallest absolute Gasteiger partial charge is 0.414 e. The molecule has 8 heteroatoms. The van der Waals surface area contributed by atoms with Crippen molar-refractivity contribution in [3.63, 3.8) is 0 Å². The lowest BCUT2D eigenvalue weighted by molar-refractivity contribution is 0.181. The number of rotatable bonds is 4. The molecule has 1 aliphatic carbocycles. The van der Waals surface area contributed by atoms with Crippen LogP contribution in [-0.4, -0.2) is 34.0 Å². The summed E-state index contributed by atoms with van der Waals surface area (Å²) in [5.74, 6) is 1.23. The van der Waals surface area contributed by atoms with Crippen molar-refractivity contribution in [3.8, 4) is 11.4 Å². The largest absolute Gasteiger partial charge is 0.447 e. The maximum atomic E-state index is 13.3. The second-order valence-corrected chi connectivity index (χ2v) is 7.83. The van der Waals surface area contributed by atoms with Gasteiger partial charge in [0.15, 0.2) is 5.82 Å².